The minimum absolute atomic E-state index is 0.0709. The summed E-state index contributed by atoms with van der Waals surface area (Å²) in [5, 5.41) is 1.08. The standard InChI is InChI=1S/C21H19NO4/c1-25-21(24)12-11-20(23)16-6-4-7-18(13-16)26-14-17-10-9-15-5-2-3-8-19(15)22-17/h2-10,13H,11-12,14H2,1H3. The van der Waals surface area contributed by atoms with Gasteiger partial charge >= 0.3 is 5.97 Å². The molecule has 0 saturated heterocycles. The summed E-state index contributed by atoms with van der Waals surface area (Å²) in [4.78, 5) is 27.9. The van der Waals surface area contributed by atoms with Crippen molar-refractivity contribution in [2.75, 3.05) is 7.11 Å². The van der Waals surface area contributed by atoms with E-state index >= 15 is 0 Å². The van der Waals surface area contributed by atoms with Crippen LogP contribution in [0.2, 0.25) is 0 Å². The van der Waals surface area contributed by atoms with Crippen molar-refractivity contribution in [2.45, 2.75) is 19.4 Å². The lowest BCUT2D eigenvalue weighted by molar-refractivity contribution is -0.140. The van der Waals surface area contributed by atoms with E-state index in [-0.39, 0.29) is 18.6 Å². The summed E-state index contributed by atoms with van der Waals surface area (Å²) in [6, 6.07) is 18.8. The van der Waals surface area contributed by atoms with Crippen molar-refractivity contribution in [1.29, 1.82) is 0 Å². The Morgan fingerprint density at radius 1 is 0.962 bits per heavy atom. The van der Waals surface area contributed by atoms with E-state index in [1.54, 1.807) is 24.3 Å². The van der Waals surface area contributed by atoms with E-state index in [1.807, 2.05) is 36.4 Å². The molecule has 0 bridgehead atoms. The van der Waals surface area contributed by atoms with Gasteiger partial charge < -0.3 is 9.47 Å². The number of aromatic nitrogens is 1. The number of methoxy groups -OCH3 is 1. The number of hydrogen-bond acceptors (Lipinski definition) is 5. The number of carbonyl (C=O) groups is 2. The molecule has 3 rings (SSSR count). The van der Waals surface area contributed by atoms with Crippen LogP contribution in [0.25, 0.3) is 10.9 Å². The highest BCUT2D eigenvalue weighted by Gasteiger charge is 2.10. The lowest BCUT2D eigenvalue weighted by atomic mass is 10.1. The number of nitrogens with zero attached hydrogens (tertiary/aromatic N) is 1. The third-order valence-corrected chi connectivity index (χ3v) is 3.98. The maximum atomic E-state index is 12.2. The Morgan fingerprint density at radius 2 is 1.81 bits per heavy atom. The van der Waals surface area contributed by atoms with Crippen LogP contribution in [-0.4, -0.2) is 23.8 Å². The van der Waals surface area contributed by atoms with Crippen LogP contribution >= 0.6 is 0 Å². The van der Waals surface area contributed by atoms with Crippen LogP contribution in [0, 0.1) is 0 Å². The lowest BCUT2D eigenvalue weighted by Crippen LogP contribution is -2.06. The van der Waals surface area contributed by atoms with Crippen molar-refractivity contribution in [3.63, 3.8) is 0 Å². The number of benzene rings is 2. The fourth-order valence-electron chi connectivity index (χ4n) is 2.57. The van der Waals surface area contributed by atoms with E-state index in [0.717, 1.165) is 16.6 Å². The van der Waals surface area contributed by atoms with Crippen LogP contribution < -0.4 is 4.74 Å². The van der Waals surface area contributed by atoms with Crippen LogP contribution in [0.15, 0.2) is 60.7 Å². The zero-order valence-electron chi connectivity index (χ0n) is 14.5. The fraction of sp³-hybridized carbons (Fsp3) is 0.190. The summed E-state index contributed by atoms with van der Waals surface area (Å²) in [5.74, 6) is 0.0710. The first kappa shape index (κ1) is 17.6. The second-order valence-corrected chi connectivity index (χ2v) is 5.81. The van der Waals surface area contributed by atoms with E-state index in [4.69, 9.17) is 4.74 Å². The van der Waals surface area contributed by atoms with Gasteiger partial charge in [0.05, 0.1) is 24.7 Å². The Morgan fingerprint density at radius 3 is 2.65 bits per heavy atom. The molecule has 0 unspecified atom stereocenters. The number of Topliss-reactive ketones (excluding diaryl/α,β-unsaturated/α-hetero) is 1. The monoisotopic (exact) mass is 349 g/mol. The van der Waals surface area contributed by atoms with E-state index in [0.29, 0.717) is 17.9 Å². The molecule has 26 heavy (non-hydrogen) atoms. The first-order valence-corrected chi connectivity index (χ1v) is 8.33. The lowest BCUT2D eigenvalue weighted by Gasteiger charge is -2.08. The number of fused-ring (bicyclic) bond motifs is 1. The Balaban J connectivity index is 1.64. The molecule has 1 aromatic heterocycles. The molecule has 0 fully saturated rings. The molecule has 0 radical (unpaired) electrons. The SMILES string of the molecule is COC(=O)CCC(=O)c1cccc(OCc2ccc3ccccc3n2)c1. The number of rotatable bonds is 7. The molecule has 0 aliphatic carbocycles. The highest BCUT2D eigenvalue weighted by molar-refractivity contribution is 5.97. The molecule has 0 aliphatic heterocycles. The smallest absolute Gasteiger partial charge is 0.305 e. The maximum absolute atomic E-state index is 12.2. The zero-order valence-corrected chi connectivity index (χ0v) is 14.5. The topological polar surface area (TPSA) is 65.5 Å². The summed E-state index contributed by atoms with van der Waals surface area (Å²) in [6.45, 7) is 0.310. The van der Waals surface area contributed by atoms with Crippen molar-refractivity contribution in [3.8, 4) is 5.75 Å². The second kappa shape index (κ2) is 8.25. The fourth-order valence-corrected chi connectivity index (χ4v) is 2.57. The number of hydrogen-bond donors (Lipinski definition) is 0. The largest absolute Gasteiger partial charge is 0.487 e. The number of pyridine rings is 1. The summed E-state index contributed by atoms with van der Waals surface area (Å²) < 4.78 is 10.3. The molecule has 0 N–H and O–H groups in total. The van der Waals surface area contributed by atoms with E-state index < -0.39 is 5.97 Å². The first-order chi connectivity index (χ1) is 12.7. The van der Waals surface area contributed by atoms with Crippen molar-refractivity contribution in [3.05, 3.63) is 71.9 Å². The molecule has 2 aromatic carbocycles. The van der Waals surface area contributed by atoms with Gasteiger partial charge in [-0.1, -0.05) is 36.4 Å². The molecule has 0 amide bonds. The average molecular weight is 349 g/mol. The van der Waals surface area contributed by atoms with Gasteiger partial charge in [-0.15, -0.1) is 0 Å². The minimum atomic E-state index is -0.395. The quantitative estimate of drug-likeness (QED) is 0.477. The Labute approximate surface area is 151 Å². The van der Waals surface area contributed by atoms with Gasteiger partial charge in [0, 0.05) is 17.4 Å². The van der Waals surface area contributed by atoms with Gasteiger partial charge in [-0.25, -0.2) is 4.98 Å². The molecule has 5 heteroatoms. The van der Waals surface area contributed by atoms with E-state index in [2.05, 4.69) is 9.72 Å². The molecule has 0 aliphatic rings. The predicted octanol–water partition coefficient (Wildman–Crippen LogP) is 3.95. The first-order valence-electron chi connectivity index (χ1n) is 8.33. The number of esters is 1. The molecule has 3 aromatic rings. The number of carbonyl (C=O) groups excluding carboxylic acids is 2. The molecule has 5 nitrogen and oxygen atoms in total. The van der Waals surface area contributed by atoms with Crippen molar-refractivity contribution >= 4 is 22.7 Å². The molecule has 132 valence electrons. The normalized spacial score (nSPS) is 10.5. The third-order valence-electron chi connectivity index (χ3n) is 3.98. The summed E-state index contributed by atoms with van der Waals surface area (Å²) in [5.41, 5.74) is 2.24. The van der Waals surface area contributed by atoms with Crippen LogP contribution in [0.5, 0.6) is 5.75 Å². The van der Waals surface area contributed by atoms with Gasteiger partial charge in [0.25, 0.3) is 0 Å². The summed E-state index contributed by atoms with van der Waals surface area (Å²) in [6.07, 6.45) is 0.184. The molecular weight excluding hydrogens is 330 g/mol. The van der Waals surface area contributed by atoms with Gasteiger partial charge in [-0.3, -0.25) is 9.59 Å². The third kappa shape index (κ3) is 4.45. The molecule has 0 spiro atoms. The van der Waals surface area contributed by atoms with Gasteiger partial charge in [0.15, 0.2) is 5.78 Å². The highest BCUT2D eigenvalue weighted by Crippen LogP contribution is 2.18. The van der Waals surface area contributed by atoms with Crippen LogP contribution in [0.1, 0.15) is 28.9 Å². The van der Waals surface area contributed by atoms with Gasteiger partial charge in [-0.05, 0) is 24.3 Å². The predicted molar refractivity (Wildman–Crippen MR) is 98.1 cm³/mol. The van der Waals surface area contributed by atoms with Crippen LogP contribution in [0.3, 0.4) is 0 Å². The zero-order chi connectivity index (χ0) is 18.4. The number of para-hydroxylation sites is 1. The van der Waals surface area contributed by atoms with Crippen molar-refractivity contribution in [1.82, 2.24) is 4.98 Å². The number of ether oxygens (including phenoxy) is 2. The molecular formula is C21H19NO4. The van der Waals surface area contributed by atoms with Gasteiger partial charge in [0.1, 0.15) is 12.4 Å². The highest BCUT2D eigenvalue weighted by atomic mass is 16.5. The second-order valence-electron chi connectivity index (χ2n) is 5.81. The Hall–Kier alpha value is -3.21. The van der Waals surface area contributed by atoms with Gasteiger partial charge in [0.2, 0.25) is 0 Å². The van der Waals surface area contributed by atoms with Crippen LogP contribution in [0.4, 0.5) is 0 Å². The maximum Gasteiger partial charge on any atom is 0.305 e. The van der Waals surface area contributed by atoms with E-state index in [1.165, 1.54) is 7.11 Å². The summed E-state index contributed by atoms with van der Waals surface area (Å²) >= 11 is 0. The average Bonchev–Trinajstić information content (AvgIpc) is 2.70. The van der Waals surface area contributed by atoms with Crippen molar-refractivity contribution in [2.24, 2.45) is 0 Å². The summed E-state index contributed by atoms with van der Waals surface area (Å²) in [7, 11) is 1.31. The van der Waals surface area contributed by atoms with Crippen molar-refractivity contribution < 1.29 is 19.1 Å². The van der Waals surface area contributed by atoms with Crippen LogP contribution in [-0.2, 0) is 16.1 Å². The van der Waals surface area contributed by atoms with E-state index in [9.17, 15) is 9.59 Å². The molecule has 0 saturated carbocycles. The number of ketones is 1. The Bertz CT molecular complexity index is 936. The Kier molecular flexibility index (Phi) is 5.59. The molecule has 1 heterocycles. The van der Waals surface area contributed by atoms with Gasteiger partial charge in [-0.2, -0.15) is 0 Å². The minimum Gasteiger partial charge on any atom is -0.487 e. The molecule has 0 atom stereocenters.